The maximum absolute atomic E-state index is 11.5. The summed E-state index contributed by atoms with van der Waals surface area (Å²) >= 11 is 10.8. The molecular formula is C11H12ClN3O3S. The molecule has 1 aromatic rings. The molecule has 19 heavy (non-hydrogen) atoms. The van der Waals surface area contributed by atoms with Crippen LogP contribution in [0.4, 0.5) is 4.79 Å². The molecule has 0 heterocycles. The highest BCUT2D eigenvalue weighted by molar-refractivity contribution is 7.80. The molecule has 0 radical (unpaired) electrons. The van der Waals surface area contributed by atoms with Crippen molar-refractivity contribution < 1.29 is 14.3 Å². The summed E-state index contributed by atoms with van der Waals surface area (Å²) in [5.41, 5.74) is 10.7. The zero-order valence-corrected chi connectivity index (χ0v) is 11.5. The number of ether oxygens (including phenoxy) is 1. The number of rotatable bonds is 4. The number of carbonyl (C=O) groups is 2. The van der Waals surface area contributed by atoms with E-state index in [1.165, 1.54) is 6.92 Å². The second kappa shape index (κ2) is 6.35. The van der Waals surface area contributed by atoms with Crippen LogP contribution in [0.5, 0.6) is 5.75 Å². The lowest BCUT2D eigenvalue weighted by molar-refractivity contribution is -0.126. The van der Waals surface area contributed by atoms with Gasteiger partial charge in [0.1, 0.15) is 10.7 Å². The molecule has 1 unspecified atom stereocenters. The molecule has 0 aliphatic heterocycles. The fourth-order valence-corrected chi connectivity index (χ4v) is 1.84. The minimum Gasteiger partial charge on any atom is -0.480 e. The van der Waals surface area contributed by atoms with Crippen LogP contribution >= 0.6 is 23.8 Å². The van der Waals surface area contributed by atoms with Crippen LogP contribution in [0.15, 0.2) is 18.2 Å². The van der Waals surface area contributed by atoms with Gasteiger partial charge in [0.25, 0.3) is 5.91 Å². The van der Waals surface area contributed by atoms with Gasteiger partial charge in [0.2, 0.25) is 0 Å². The van der Waals surface area contributed by atoms with Crippen molar-refractivity contribution in [3.63, 3.8) is 0 Å². The third kappa shape index (κ3) is 4.08. The number of halogens is 1. The van der Waals surface area contributed by atoms with Crippen LogP contribution in [0.2, 0.25) is 5.02 Å². The van der Waals surface area contributed by atoms with Crippen LogP contribution < -0.4 is 21.5 Å². The third-order valence-electron chi connectivity index (χ3n) is 2.14. The zero-order chi connectivity index (χ0) is 14.6. The van der Waals surface area contributed by atoms with Crippen molar-refractivity contribution in [2.75, 3.05) is 0 Å². The van der Waals surface area contributed by atoms with E-state index in [0.29, 0.717) is 10.6 Å². The van der Waals surface area contributed by atoms with Gasteiger partial charge >= 0.3 is 6.03 Å². The van der Waals surface area contributed by atoms with E-state index in [2.05, 4.69) is 0 Å². The SMILES string of the molecule is CC(Oc1cccc(Cl)c1C(N)=S)C(=O)NC(N)=O. The Kier molecular flexibility index (Phi) is 5.08. The van der Waals surface area contributed by atoms with Crippen molar-refractivity contribution in [1.82, 2.24) is 5.32 Å². The Balaban J connectivity index is 2.94. The molecule has 1 atom stereocenters. The van der Waals surface area contributed by atoms with Crippen molar-refractivity contribution in [2.45, 2.75) is 13.0 Å². The Hall–Kier alpha value is -1.86. The first kappa shape index (κ1) is 15.2. The van der Waals surface area contributed by atoms with Crippen LogP contribution in [0.25, 0.3) is 0 Å². The number of benzene rings is 1. The monoisotopic (exact) mass is 301 g/mol. The number of nitrogens with one attached hydrogen (secondary N) is 1. The van der Waals surface area contributed by atoms with Gasteiger partial charge in [-0.15, -0.1) is 0 Å². The number of hydrogen-bond donors (Lipinski definition) is 3. The molecule has 0 saturated heterocycles. The van der Waals surface area contributed by atoms with E-state index in [1.54, 1.807) is 18.2 Å². The summed E-state index contributed by atoms with van der Waals surface area (Å²) in [5, 5.41) is 2.22. The first-order valence-corrected chi connectivity index (χ1v) is 5.96. The van der Waals surface area contributed by atoms with E-state index in [9.17, 15) is 9.59 Å². The maximum atomic E-state index is 11.5. The topological polar surface area (TPSA) is 107 Å². The van der Waals surface area contributed by atoms with Crippen molar-refractivity contribution in [3.8, 4) is 5.75 Å². The minimum absolute atomic E-state index is 0.0445. The van der Waals surface area contributed by atoms with Gasteiger partial charge in [-0.2, -0.15) is 0 Å². The van der Waals surface area contributed by atoms with Crippen molar-refractivity contribution >= 4 is 40.7 Å². The lowest BCUT2D eigenvalue weighted by Gasteiger charge is -2.16. The molecule has 1 aromatic carbocycles. The quantitative estimate of drug-likeness (QED) is 0.717. The highest BCUT2D eigenvalue weighted by atomic mass is 35.5. The molecule has 0 aliphatic rings. The predicted molar refractivity (Wildman–Crippen MR) is 75.2 cm³/mol. The minimum atomic E-state index is -0.959. The molecule has 3 amide bonds. The normalized spacial score (nSPS) is 11.5. The van der Waals surface area contributed by atoms with Crippen LogP contribution in [-0.4, -0.2) is 23.0 Å². The van der Waals surface area contributed by atoms with E-state index in [-0.39, 0.29) is 10.7 Å². The molecule has 0 saturated carbocycles. The Morgan fingerprint density at radius 3 is 2.58 bits per heavy atom. The van der Waals surface area contributed by atoms with Crippen LogP contribution in [-0.2, 0) is 4.79 Å². The van der Waals surface area contributed by atoms with Gasteiger partial charge in [0.15, 0.2) is 6.10 Å². The third-order valence-corrected chi connectivity index (χ3v) is 2.66. The zero-order valence-electron chi connectivity index (χ0n) is 9.98. The summed E-state index contributed by atoms with van der Waals surface area (Å²) in [6.07, 6.45) is -0.959. The number of carbonyl (C=O) groups excluding carboxylic acids is 2. The highest BCUT2D eigenvalue weighted by Crippen LogP contribution is 2.27. The maximum Gasteiger partial charge on any atom is 0.318 e. The molecule has 8 heteroatoms. The van der Waals surface area contributed by atoms with Crippen molar-refractivity contribution in [3.05, 3.63) is 28.8 Å². The standard InChI is InChI=1S/C11H12ClN3O3S/c1-5(10(16)15-11(14)17)18-7-4-2-3-6(12)8(7)9(13)19/h2-5H,1H3,(H2,13,19)(H3,14,15,16,17). The number of thiocarbonyl (C=S) groups is 1. The molecule has 0 fully saturated rings. The number of primary amides is 1. The predicted octanol–water partition coefficient (Wildman–Crippen LogP) is 0.936. The summed E-state index contributed by atoms with van der Waals surface area (Å²) in [6.45, 7) is 1.45. The number of nitrogens with two attached hydrogens (primary N) is 2. The van der Waals surface area contributed by atoms with Gasteiger partial charge in [0, 0.05) is 0 Å². The molecule has 102 valence electrons. The Morgan fingerprint density at radius 2 is 2.05 bits per heavy atom. The molecule has 1 rings (SSSR count). The van der Waals surface area contributed by atoms with Gasteiger partial charge in [-0.05, 0) is 19.1 Å². The molecule has 0 spiro atoms. The largest absolute Gasteiger partial charge is 0.480 e. The smallest absolute Gasteiger partial charge is 0.318 e. The van der Waals surface area contributed by atoms with E-state index in [4.69, 9.17) is 40.0 Å². The Morgan fingerprint density at radius 1 is 1.42 bits per heavy atom. The highest BCUT2D eigenvalue weighted by Gasteiger charge is 2.19. The fourth-order valence-electron chi connectivity index (χ4n) is 1.31. The van der Waals surface area contributed by atoms with Crippen molar-refractivity contribution in [2.24, 2.45) is 11.5 Å². The lowest BCUT2D eigenvalue weighted by atomic mass is 10.2. The van der Waals surface area contributed by atoms with Crippen LogP contribution in [0.3, 0.4) is 0 Å². The van der Waals surface area contributed by atoms with Gasteiger partial charge < -0.3 is 16.2 Å². The average Bonchev–Trinajstić information content (AvgIpc) is 2.27. The molecular weight excluding hydrogens is 290 g/mol. The fraction of sp³-hybridized carbons (Fsp3) is 0.182. The van der Waals surface area contributed by atoms with Gasteiger partial charge in [-0.1, -0.05) is 29.9 Å². The number of amides is 3. The molecule has 5 N–H and O–H groups in total. The Labute approximate surface area is 120 Å². The number of hydrogen-bond acceptors (Lipinski definition) is 4. The summed E-state index contributed by atoms with van der Waals surface area (Å²) < 4.78 is 5.38. The summed E-state index contributed by atoms with van der Waals surface area (Å²) in [6, 6.07) is 3.82. The number of imide groups is 1. The second-order valence-electron chi connectivity index (χ2n) is 3.59. The van der Waals surface area contributed by atoms with E-state index in [1.807, 2.05) is 5.32 Å². The molecule has 0 bridgehead atoms. The van der Waals surface area contributed by atoms with Crippen LogP contribution in [0.1, 0.15) is 12.5 Å². The van der Waals surface area contributed by atoms with E-state index in [0.717, 1.165) is 0 Å². The average molecular weight is 302 g/mol. The number of urea groups is 1. The summed E-state index contributed by atoms with van der Waals surface area (Å²) in [5.74, 6) is -0.423. The van der Waals surface area contributed by atoms with Gasteiger partial charge in [-0.25, -0.2) is 4.79 Å². The summed E-state index contributed by atoms with van der Waals surface area (Å²) in [4.78, 5) is 22.1. The first-order chi connectivity index (χ1) is 8.82. The summed E-state index contributed by atoms with van der Waals surface area (Å²) in [7, 11) is 0. The molecule has 0 aliphatic carbocycles. The van der Waals surface area contributed by atoms with E-state index < -0.39 is 18.0 Å². The lowest BCUT2D eigenvalue weighted by Crippen LogP contribution is -2.42. The molecule has 0 aromatic heterocycles. The van der Waals surface area contributed by atoms with Gasteiger partial charge in [-0.3, -0.25) is 10.1 Å². The van der Waals surface area contributed by atoms with E-state index >= 15 is 0 Å². The first-order valence-electron chi connectivity index (χ1n) is 5.18. The Bertz CT molecular complexity index is 536. The molecule has 6 nitrogen and oxygen atoms in total. The van der Waals surface area contributed by atoms with Crippen LogP contribution in [0, 0.1) is 0 Å². The second-order valence-corrected chi connectivity index (χ2v) is 4.44. The van der Waals surface area contributed by atoms with Crippen molar-refractivity contribution in [1.29, 1.82) is 0 Å². The van der Waals surface area contributed by atoms with Gasteiger partial charge in [0.05, 0.1) is 10.6 Å².